The Labute approximate surface area is 122 Å². The van der Waals surface area contributed by atoms with Crippen LogP contribution in [-0.2, 0) is 0 Å². The molecule has 0 aromatic heterocycles. The second kappa shape index (κ2) is 11.8. The van der Waals surface area contributed by atoms with Crippen molar-refractivity contribution in [2.24, 2.45) is 11.1 Å². The first kappa shape index (κ1) is 19.0. The highest BCUT2D eigenvalue weighted by molar-refractivity contribution is 4.73. The molecule has 0 bridgehead atoms. The van der Waals surface area contributed by atoms with Crippen molar-refractivity contribution in [1.82, 2.24) is 0 Å². The third kappa shape index (κ3) is 14.2. The smallest absolute Gasteiger partial charge is 0.00155 e. The van der Waals surface area contributed by atoms with Crippen LogP contribution >= 0.6 is 0 Å². The van der Waals surface area contributed by atoms with Crippen LogP contribution in [0.4, 0.5) is 0 Å². The fraction of sp³-hybridized carbons (Fsp3) is 1.00. The highest BCUT2D eigenvalue weighted by Crippen LogP contribution is 2.29. The second-order valence-corrected chi connectivity index (χ2v) is 7.28. The standard InChI is InChI=1S/C18H39N/c1-5-6-7-8-9-10-11-12-13-14-15-18(3,4)16-17(2)19/h17H,5-16,19H2,1-4H3. The van der Waals surface area contributed by atoms with Gasteiger partial charge in [0.15, 0.2) is 0 Å². The van der Waals surface area contributed by atoms with Crippen molar-refractivity contribution in [3.8, 4) is 0 Å². The van der Waals surface area contributed by atoms with E-state index in [2.05, 4.69) is 27.7 Å². The summed E-state index contributed by atoms with van der Waals surface area (Å²) in [5, 5.41) is 0. The van der Waals surface area contributed by atoms with E-state index >= 15 is 0 Å². The molecule has 0 rings (SSSR count). The molecule has 1 atom stereocenters. The summed E-state index contributed by atoms with van der Waals surface area (Å²) in [7, 11) is 0. The third-order valence-corrected chi connectivity index (χ3v) is 4.08. The fourth-order valence-corrected chi connectivity index (χ4v) is 3.06. The van der Waals surface area contributed by atoms with E-state index in [0.29, 0.717) is 11.5 Å². The molecule has 0 saturated carbocycles. The molecule has 1 nitrogen and oxygen atoms in total. The summed E-state index contributed by atoms with van der Waals surface area (Å²) in [5.41, 5.74) is 6.34. The molecule has 0 aliphatic rings. The van der Waals surface area contributed by atoms with Crippen molar-refractivity contribution in [1.29, 1.82) is 0 Å². The van der Waals surface area contributed by atoms with Gasteiger partial charge in [-0.2, -0.15) is 0 Å². The molecule has 19 heavy (non-hydrogen) atoms. The zero-order chi connectivity index (χ0) is 14.6. The van der Waals surface area contributed by atoms with E-state index in [-0.39, 0.29) is 0 Å². The minimum Gasteiger partial charge on any atom is -0.328 e. The van der Waals surface area contributed by atoms with Crippen LogP contribution in [-0.4, -0.2) is 6.04 Å². The second-order valence-electron chi connectivity index (χ2n) is 7.28. The third-order valence-electron chi connectivity index (χ3n) is 4.08. The minimum absolute atomic E-state index is 0.345. The van der Waals surface area contributed by atoms with E-state index in [9.17, 15) is 0 Å². The molecular formula is C18H39N. The topological polar surface area (TPSA) is 26.0 Å². The maximum absolute atomic E-state index is 5.90. The van der Waals surface area contributed by atoms with Crippen molar-refractivity contribution in [2.75, 3.05) is 0 Å². The molecule has 0 aromatic rings. The van der Waals surface area contributed by atoms with Gasteiger partial charge < -0.3 is 5.73 Å². The van der Waals surface area contributed by atoms with Crippen molar-refractivity contribution >= 4 is 0 Å². The maximum atomic E-state index is 5.90. The summed E-state index contributed by atoms with van der Waals surface area (Å²) in [6.07, 6.45) is 16.8. The highest BCUT2D eigenvalue weighted by Gasteiger charge is 2.18. The van der Waals surface area contributed by atoms with Gasteiger partial charge in [-0.3, -0.25) is 0 Å². The van der Waals surface area contributed by atoms with Gasteiger partial charge in [-0.15, -0.1) is 0 Å². The van der Waals surface area contributed by atoms with Gasteiger partial charge in [0.2, 0.25) is 0 Å². The van der Waals surface area contributed by atoms with Crippen LogP contribution in [0.3, 0.4) is 0 Å². The molecule has 0 aliphatic heterocycles. The van der Waals surface area contributed by atoms with E-state index in [1.165, 1.54) is 70.6 Å². The first-order valence-corrected chi connectivity index (χ1v) is 8.73. The first-order chi connectivity index (χ1) is 8.98. The van der Waals surface area contributed by atoms with Gasteiger partial charge in [-0.25, -0.2) is 0 Å². The Morgan fingerprint density at radius 1 is 0.789 bits per heavy atom. The quantitative estimate of drug-likeness (QED) is 0.404. The van der Waals surface area contributed by atoms with Crippen LogP contribution in [0.1, 0.15) is 105 Å². The number of hydrogen-bond acceptors (Lipinski definition) is 1. The molecule has 1 heteroatoms. The number of rotatable bonds is 13. The van der Waals surface area contributed by atoms with Crippen molar-refractivity contribution in [2.45, 2.75) is 111 Å². The Balaban J connectivity index is 3.26. The van der Waals surface area contributed by atoms with Gasteiger partial charge in [-0.05, 0) is 25.2 Å². The molecule has 1 unspecified atom stereocenters. The average molecular weight is 270 g/mol. The lowest BCUT2D eigenvalue weighted by Crippen LogP contribution is -2.24. The highest BCUT2D eigenvalue weighted by atomic mass is 14.6. The Kier molecular flexibility index (Phi) is 11.7. The van der Waals surface area contributed by atoms with Crippen LogP contribution in [0.15, 0.2) is 0 Å². The molecule has 0 saturated heterocycles. The molecule has 0 spiro atoms. The molecular weight excluding hydrogens is 230 g/mol. The Bertz CT molecular complexity index is 184. The van der Waals surface area contributed by atoms with Gasteiger partial charge in [-0.1, -0.05) is 85.0 Å². The van der Waals surface area contributed by atoms with Crippen molar-refractivity contribution in [3.63, 3.8) is 0 Å². The summed E-state index contributed by atoms with van der Waals surface area (Å²) in [6, 6.07) is 0.345. The zero-order valence-corrected chi connectivity index (χ0v) is 14.1. The Morgan fingerprint density at radius 3 is 1.63 bits per heavy atom. The average Bonchev–Trinajstić information content (AvgIpc) is 2.30. The van der Waals surface area contributed by atoms with Crippen molar-refractivity contribution < 1.29 is 0 Å². The van der Waals surface area contributed by atoms with E-state index in [0.717, 1.165) is 6.42 Å². The predicted molar refractivity (Wildman–Crippen MR) is 88.5 cm³/mol. The largest absolute Gasteiger partial charge is 0.328 e. The Hall–Kier alpha value is -0.0400. The summed E-state index contributed by atoms with van der Waals surface area (Å²) >= 11 is 0. The van der Waals surface area contributed by atoms with Crippen LogP contribution < -0.4 is 5.73 Å². The lowest BCUT2D eigenvalue weighted by Gasteiger charge is -2.26. The molecule has 2 N–H and O–H groups in total. The van der Waals surface area contributed by atoms with Crippen LogP contribution in [0, 0.1) is 5.41 Å². The summed E-state index contributed by atoms with van der Waals surface area (Å²) in [4.78, 5) is 0. The van der Waals surface area contributed by atoms with Gasteiger partial charge in [0.05, 0.1) is 0 Å². The van der Waals surface area contributed by atoms with Gasteiger partial charge in [0, 0.05) is 6.04 Å². The summed E-state index contributed by atoms with van der Waals surface area (Å²) < 4.78 is 0. The normalized spacial score (nSPS) is 13.7. The summed E-state index contributed by atoms with van der Waals surface area (Å²) in [6.45, 7) is 9.14. The van der Waals surface area contributed by atoms with Crippen LogP contribution in [0.5, 0.6) is 0 Å². The number of nitrogens with two attached hydrogens (primary N) is 1. The van der Waals surface area contributed by atoms with E-state index in [1.54, 1.807) is 0 Å². The SMILES string of the molecule is CCCCCCCCCCCCC(C)(C)CC(C)N. The number of unbranched alkanes of at least 4 members (excludes halogenated alkanes) is 9. The first-order valence-electron chi connectivity index (χ1n) is 8.73. The lowest BCUT2D eigenvalue weighted by molar-refractivity contribution is 0.276. The van der Waals surface area contributed by atoms with E-state index in [1.807, 2.05) is 0 Å². The fourth-order valence-electron chi connectivity index (χ4n) is 3.06. The summed E-state index contributed by atoms with van der Waals surface area (Å²) in [5.74, 6) is 0. The Morgan fingerprint density at radius 2 is 1.21 bits per heavy atom. The number of hydrogen-bond donors (Lipinski definition) is 1. The van der Waals surface area contributed by atoms with Crippen molar-refractivity contribution in [3.05, 3.63) is 0 Å². The van der Waals surface area contributed by atoms with Gasteiger partial charge in [0.25, 0.3) is 0 Å². The molecule has 0 aromatic carbocycles. The van der Waals surface area contributed by atoms with Gasteiger partial charge >= 0.3 is 0 Å². The molecule has 116 valence electrons. The lowest BCUT2D eigenvalue weighted by atomic mass is 9.81. The molecule has 0 amide bonds. The van der Waals surface area contributed by atoms with Crippen LogP contribution in [0.25, 0.3) is 0 Å². The van der Waals surface area contributed by atoms with Crippen LogP contribution in [0.2, 0.25) is 0 Å². The van der Waals surface area contributed by atoms with E-state index < -0.39 is 0 Å². The van der Waals surface area contributed by atoms with E-state index in [4.69, 9.17) is 5.73 Å². The maximum Gasteiger partial charge on any atom is 0.00155 e. The monoisotopic (exact) mass is 269 g/mol. The predicted octanol–water partition coefficient (Wildman–Crippen LogP) is 6.06. The molecule has 0 radical (unpaired) electrons. The minimum atomic E-state index is 0.345. The molecule has 0 heterocycles. The zero-order valence-electron chi connectivity index (χ0n) is 14.1. The van der Waals surface area contributed by atoms with Gasteiger partial charge in [0.1, 0.15) is 0 Å². The molecule has 0 aliphatic carbocycles. The molecule has 0 fully saturated rings.